The number of aromatic amines is 1. The zero-order chi connectivity index (χ0) is 23.4. The summed E-state index contributed by atoms with van der Waals surface area (Å²) in [6, 6.07) is 8.50. The summed E-state index contributed by atoms with van der Waals surface area (Å²) in [4.78, 5) is 19.1. The summed E-state index contributed by atoms with van der Waals surface area (Å²) in [5.41, 5.74) is 1.01. The summed E-state index contributed by atoms with van der Waals surface area (Å²) in [6.07, 6.45) is 3.17. The van der Waals surface area contributed by atoms with Crippen LogP contribution in [0.4, 0.5) is 10.7 Å². The minimum atomic E-state index is -4.26. The van der Waals surface area contributed by atoms with Crippen molar-refractivity contribution in [1.82, 2.24) is 20.6 Å². The smallest absolute Gasteiger partial charge is 0.342 e. The van der Waals surface area contributed by atoms with Crippen molar-refractivity contribution in [2.75, 3.05) is 25.0 Å². The molecule has 1 saturated heterocycles. The van der Waals surface area contributed by atoms with Gasteiger partial charge in [0, 0.05) is 12.6 Å². The normalized spacial score (nSPS) is 14.8. The van der Waals surface area contributed by atoms with Crippen LogP contribution in [0.2, 0.25) is 10.0 Å². The summed E-state index contributed by atoms with van der Waals surface area (Å²) >= 11 is 12.0. The highest BCUT2D eigenvalue weighted by molar-refractivity contribution is 7.87. The number of imidazole rings is 1. The number of benzene rings is 2. The number of rotatable bonds is 7. The molecule has 1 aliphatic rings. The third kappa shape index (κ3) is 5.89. The first-order valence-corrected chi connectivity index (χ1v) is 12.6. The molecule has 0 bridgehead atoms. The maximum Gasteiger partial charge on any atom is 0.342 e. The lowest BCUT2D eigenvalue weighted by molar-refractivity contribution is 0.250. The molecule has 0 radical (unpaired) electrons. The lowest BCUT2D eigenvalue weighted by Gasteiger charge is -2.22. The van der Waals surface area contributed by atoms with Crippen molar-refractivity contribution >= 4 is 56.3 Å². The monoisotopic (exact) mass is 511 g/mol. The average Bonchev–Trinajstić information content (AvgIpc) is 3.15. The van der Waals surface area contributed by atoms with Gasteiger partial charge in [0.05, 0.1) is 21.1 Å². The van der Waals surface area contributed by atoms with Crippen LogP contribution in [0.3, 0.4) is 0 Å². The van der Waals surface area contributed by atoms with E-state index in [1.807, 2.05) is 0 Å². The van der Waals surface area contributed by atoms with E-state index < -0.39 is 10.1 Å². The number of piperidine rings is 1. The summed E-state index contributed by atoms with van der Waals surface area (Å²) in [7, 11) is -4.26. The Bertz CT molecular complexity index is 1240. The zero-order valence-electron chi connectivity index (χ0n) is 17.5. The molecular weight excluding hydrogens is 489 g/mol. The topological polar surface area (TPSA) is 125 Å². The molecule has 1 aromatic heterocycles. The largest absolute Gasteiger partial charge is 0.379 e. The number of carbonyl (C=O) groups is 1. The third-order valence-corrected chi connectivity index (χ3v) is 7.56. The van der Waals surface area contributed by atoms with Gasteiger partial charge in [-0.05, 0) is 62.5 Å². The summed E-state index contributed by atoms with van der Waals surface area (Å²) in [5.74, 6) is 0.884. The van der Waals surface area contributed by atoms with Crippen LogP contribution in [0.1, 0.15) is 19.3 Å². The van der Waals surface area contributed by atoms with Crippen LogP contribution < -0.4 is 20.1 Å². The van der Waals surface area contributed by atoms with Gasteiger partial charge in [0.1, 0.15) is 10.6 Å². The number of H-pyrrole nitrogens is 1. The maximum atomic E-state index is 12.7. The van der Waals surface area contributed by atoms with E-state index in [0.29, 0.717) is 23.5 Å². The fourth-order valence-electron chi connectivity index (χ4n) is 3.70. The molecule has 2 aromatic carbocycles. The van der Waals surface area contributed by atoms with Crippen molar-refractivity contribution < 1.29 is 17.4 Å². The molecule has 3 aromatic rings. The van der Waals surface area contributed by atoms with Gasteiger partial charge in [0.2, 0.25) is 5.95 Å². The van der Waals surface area contributed by atoms with Crippen LogP contribution in [0.15, 0.2) is 41.3 Å². The van der Waals surface area contributed by atoms with Gasteiger partial charge in [0.25, 0.3) is 0 Å². The van der Waals surface area contributed by atoms with E-state index in [1.54, 1.807) is 6.07 Å². The minimum absolute atomic E-state index is 0.0305. The van der Waals surface area contributed by atoms with Crippen molar-refractivity contribution in [3.05, 3.63) is 46.4 Å². The molecule has 0 atom stereocenters. The van der Waals surface area contributed by atoms with Gasteiger partial charge in [-0.25, -0.2) is 9.78 Å². The van der Waals surface area contributed by atoms with Crippen LogP contribution >= 0.6 is 23.2 Å². The second-order valence-electron chi connectivity index (χ2n) is 7.72. The highest BCUT2D eigenvalue weighted by Gasteiger charge is 2.24. The Morgan fingerprint density at radius 2 is 1.88 bits per heavy atom. The molecule has 1 fully saturated rings. The minimum Gasteiger partial charge on any atom is -0.379 e. The van der Waals surface area contributed by atoms with Crippen molar-refractivity contribution in [2.24, 2.45) is 5.92 Å². The van der Waals surface area contributed by atoms with Crippen molar-refractivity contribution in [3.63, 3.8) is 0 Å². The number of urea groups is 1. The number of amides is 2. The maximum absolute atomic E-state index is 12.7. The average molecular weight is 512 g/mol. The SMILES string of the molecule is O=C(NCCC1CCNCC1)Nc1nc2cc(OS(=O)(=O)c3c(Cl)cccc3Cl)ccc2[nH]1. The van der Waals surface area contributed by atoms with Crippen LogP contribution in [-0.4, -0.2) is 44.1 Å². The van der Waals surface area contributed by atoms with E-state index in [9.17, 15) is 13.2 Å². The first-order valence-electron chi connectivity index (χ1n) is 10.5. The number of nitrogens with one attached hydrogen (secondary N) is 4. The second kappa shape index (κ2) is 10.2. The Balaban J connectivity index is 1.39. The number of nitrogens with zero attached hydrogens (tertiary/aromatic N) is 1. The summed E-state index contributed by atoms with van der Waals surface area (Å²) in [5, 5.41) is 8.73. The Morgan fingerprint density at radius 3 is 2.61 bits per heavy atom. The van der Waals surface area contributed by atoms with E-state index in [4.69, 9.17) is 27.4 Å². The van der Waals surface area contributed by atoms with Gasteiger partial charge in [-0.3, -0.25) is 5.32 Å². The predicted molar refractivity (Wildman–Crippen MR) is 128 cm³/mol. The van der Waals surface area contributed by atoms with Gasteiger partial charge in [-0.1, -0.05) is 29.3 Å². The Morgan fingerprint density at radius 1 is 1.15 bits per heavy atom. The molecule has 1 aliphatic heterocycles. The molecule has 4 rings (SSSR count). The highest BCUT2D eigenvalue weighted by atomic mass is 35.5. The highest BCUT2D eigenvalue weighted by Crippen LogP contribution is 2.32. The molecule has 2 heterocycles. The molecule has 176 valence electrons. The number of hydrogen-bond donors (Lipinski definition) is 4. The van der Waals surface area contributed by atoms with Gasteiger partial charge in [-0.15, -0.1) is 0 Å². The Labute approximate surface area is 201 Å². The zero-order valence-corrected chi connectivity index (χ0v) is 19.9. The molecular formula is C21H23Cl2N5O4S. The molecule has 33 heavy (non-hydrogen) atoms. The molecule has 2 amide bonds. The lowest BCUT2D eigenvalue weighted by Crippen LogP contribution is -2.33. The molecule has 0 unspecified atom stereocenters. The molecule has 0 saturated carbocycles. The third-order valence-electron chi connectivity index (χ3n) is 5.36. The predicted octanol–water partition coefficient (Wildman–Crippen LogP) is 4.15. The van der Waals surface area contributed by atoms with Gasteiger partial charge >= 0.3 is 16.1 Å². The first kappa shape index (κ1) is 23.6. The second-order valence-corrected chi connectivity index (χ2v) is 10.0. The molecule has 12 heteroatoms. The van der Waals surface area contributed by atoms with Crippen LogP contribution in [-0.2, 0) is 10.1 Å². The fourth-order valence-corrected chi connectivity index (χ4v) is 5.72. The summed E-state index contributed by atoms with van der Waals surface area (Å²) < 4.78 is 30.5. The first-order chi connectivity index (χ1) is 15.8. The quantitative estimate of drug-likeness (QED) is 0.353. The van der Waals surface area contributed by atoms with Gasteiger partial charge in [0.15, 0.2) is 0 Å². The molecule has 0 spiro atoms. The van der Waals surface area contributed by atoms with Crippen LogP contribution in [0, 0.1) is 5.92 Å². The van der Waals surface area contributed by atoms with E-state index in [2.05, 4.69) is 25.9 Å². The van der Waals surface area contributed by atoms with Gasteiger partial charge in [-0.2, -0.15) is 8.42 Å². The standard InChI is InChI=1S/C21H23Cl2N5O4S/c22-15-2-1-3-16(23)19(15)33(30,31)32-14-4-5-17-18(12-14)27-20(26-17)28-21(29)25-11-8-13-6-9-24-10-7-13/h1-5,12-13,24H,6-11H2,(H3,25,26,27,28,29). The Hall–Kier alpha value is -2.53. The van der Waals surface area contributed by atoms with E-state index in [1.165, 1.54) is 30.3 Å². The number of aromatic nitrogens is 2. The van der Waals surface area contributed by atoms with E-state index in [0.717, 1.165) is 32.4 Å². The number of fused-ring (bicyclic) bond motifs is 1. The van der Waals surface area contributed by atoms with Crippen molar-refractivity contribution in [2.45, 2.75) is 24.2 Å². The molecule has 9 nitrogen and oxygen atoms in total. The summed E-state index contributed by atoms with van der Waals surface area (Å²) in [6.45, 7) is 2.62. The fraction of sp³-hybridized carbons (Fsp3) is 0.333. The lowest BCUT2D eigenvalue weighted by atomic mass is 9.95. The number of anilines is 1. The van der Waals surface area contributed by atoms with Gasteiger partial charge < -0.3 is 19.8 Å². The van der Waals surface area contributed by atoms with E-state index in [-0.39, 0.29) is 32.7 Å². The van der Waals surface area contributed by atoms with Crippen LogP contribution in [0.25, 0.3) is 11.0 Å². The number of carbonyl (C=O) groups excluding carboxylic acids is 1. The van der Waals surface area contributed by atoms with E-state index >= 15 is 0 Å². The van der Waals surface area contributed by atoms with Crippen molar-refractivity contribution in [1.29, 1.82) is 0 Å². The van der Waals surface area contributed by atoms with Crippen molar-refractivity contribution in [3.8, 4) is 5.75 Å². The Kier molecular flexibility index (Phi) is 7.28. The number of halogens is 2. The number of hydrogen-bond acceptors (Lipinski definition) is 6. The molecule has 4 N–H and O–H groups in total. The molecule has 0 aliphatic carbocycles. The van der Waals surface area contributed by atoms with Crippen LogP contribution in [0.5, 0.6) is 5.75 Å².